The first-order valence-electron chi connectivity index (χ1n) is 6.04. The van der Waals surface area contributed by atoms with Crippen molar-refractivity contribution in [2.75, 3.05) is 21.3 Å². The quantitative estimate of drug-likeness (QED) is 0.729. The van der Waals surface area contributed by atoms with Crippen molar-refractivity contribution in [1.29, 1.82) is 0 Å². The van der Waals surface area contributed by atoms with Crippen LogP contribution in [0.15, 0.2) is 22.4 Å². The van der Waals surface area contributed by atoms with Crippen molar-refractivity contribution in [2.24, 2.45) is 0 Å². The van der Waals surface area contributed by atoms with Gasteiger partial charge in [-0.25, -0.2) is 0 Å². The third-order valence-corrected chi connectivity index (χ3v) is 3.83. The zero-order valence-electron chi connectivity index (χ0n) is 11.6. The van der Waals surface area contributed by atoms with Gasteiger partial charge in [0, 0.05) is 6.04 Å². The monoisotopic (exact) mass is 347 g/mol. The zero-order valence-corrected chi connectivity index (χ0v) is 13.2. The lowest BCUT2D eigenvalue weighted by Gasteiger charge is -2.25. The standard InChI is InChI=1S/C13H18BrNO5/c1-18-10-6-4-5-8(12(10)14)15-9(13(17)20-3)7-11(16)19-2/h4,6,8-9,15H,5,7H2,1-3H3. The van der Waals surface area contributed by atoms with Crippen LogP contribution in [0.2, 0.25) is 0 Å². The van der Waals surface area contributed by atoms with Crippen LogP contribution in [0.1, 0.15) is 12.8 Å². The summed E-state index contributed by atoms with van der Waals surface area (Å²) < 4.78 is 15.3. The Morgan fingerprint density at radius 2 is 2.10 bits per heavy atom. The second-order valence-corrected chi connectivity index (χ2v) is 4.98. The van der Waals surface area contributed by atoms with Gasteiger partial charge in [0.1, 0.15) is 11.8 Å². The van der Waals surface area contributed by atoms with Crippen molar-refractivity contribution in [3.63, 3.8) is 0 Å². The highest BCUT2D eigenvalue weighted by atomic mass is 79.9. The lowest BCUT2D eigenvalue weighted by molar-refractivity contribution is -0.149. The maximum atomic E-state index is 11.7. The molecule has 2 atom stereocenters. The fourth-order valence-electron chi connectivity index (χ4n) is 1.82. The third-order valence-electron chi connectivity index (χ3n) is 2.89. The molecule has 0 saturated carbocycles. The lowest BCUT2D eigenvalue weighted by Crippen LogP contribution is -2.46. The first kappa shape index (κ1) is 16.7. The maximum Gasteiger partial charge on any atom is 0.323 e. The number of allylic oxidation sites excluding steroid dienone is 1. The van der Waals surface area contributed by atoms with Crippen molar-refractivity contribution < 1.29 is 23.8 Å². The number of halogens is 1. The fourth-order valence-corrected chi connectivity index (χ4v) is 2.43. The van der Waals surface area contributed by atoms with Crippen LogP contribution in [0.5, 0.6) is 0 Å². The molecule has 2 unspecified atom stereocenters. The summed E-state index contributed by atoms with van der Waals surface area (Å²) >= 11 is 3.44. The van der Waals surface area contributed by atoms with Gasteiger partial charge in [-0.2, -0.15) is 0 Å². The largest absolute Gasteiger partial charge is 0.496 e. The summed E-state index contributed by atoms with van der Waals surface area (Å²) in [6.07, 6.45) is 4.34. The summed E-state index contributed by atoms with van der Waals surface area (Å²) in [7, 11) is 4.12. The molecule has 7 heteroatoms. The predicted molar refractivity (Wildman–Crippen MR) is 76.1 cm³/mol. The smallest absolute Gasteiger partial charge is 0.323 e. The minimum Gasteiger partial charge on any atom is -0.496 e. The molecule has 0 amide bonds. The second-order valence-electron chi connectivity index (χ2n) is 4.13. The normalized spacial score (nSPS) is 19.5. The van der Waals surface area contributed by atoms with Crippen molar-refractivity contribution in [3.8, 4) is 0 Å². The zero-order chi connectivity index (χ0) is 15.1. The van der Waals surface area contributed by atoms with E-state index in [1.807, 2.05) is 12.2 Å². The van der Waals surface area contributed by atoms with Crippen molar-refractivity contribution in [2.45, 2.75) is 24.9 Å². The molecular weight excluding hydrogens is 330 g/mol. The Labute approximate surface area is 126 Å². The van der Waals surface area contributed by atoms with E-state index in [0.29, 0.717) is 12.2 Å². The van der Waals surface area contributed by atoms with E-state index < -0.39 is 18.0 Å². The fraction of sp³-hybridized carbons (Fsp3) is 0.538. The SMILES string of the molecule is COC(=O)CC(NC1CC=CC(OC)=C1Br)C(=O)OC. The van der Waals surface area contributed by atoms with Crippen LogP contribution in [0.25, 0.3) is 0 Å². The van der Waals surface area contributed by atoms with Crippen LogP contribution >= 0.6 is 15.9 Å². The molecule has 0 fully saturated rings. The van der Waals surface area contributed by atoms with E-state index in [1.165, 1.54) is 14.2 Å². The predicted octanol–water partition coefficient (Wildman–Crippen LogP) is 1.26. The molecule has 1 aliphatic rings. The first-order chi connectivity index (χ1) is 9.53. The molecule has 112 valence electrons. The van der Waals surface area contributed by atoms with Crippen LogP contribution in [-0.4, -0.2) is 45.4 Å². The van der Waals surface area contributed by atoms with Gasteiger partial charge in [0.05, 0.1) is 32.2 Å². The maximum absolute atomic E-state index is 11.7. The van der Waals surface area contributed by atoms with Gasteiger partial charge in [-0.3, -0.25) is 14.9 Å². The highest BCUT2D eigenvalue weighted by molar-refractivity contribution is 9.11. The number of ether oxygens (including phenoxy) is 3. The Balaban J connectivity index is 2.79. The first-order valence-corrected chi connectivity index (χ1v) is 6.83. The number of carbonyl (C=O) groups excluding carboxylic acids is 2. The molecule has 6 nitrogen and oxygen atoms in total. The van der Waals surface area contributed by atoms with Gasteiger partial charge in [0.25, 0.3) is 0 Å². The molecule has 20 heavy (non-hydrogen) atoms. The topological polar surface area (TPSA) is 73.9 Å². The van der Waals surface area contributed by atoms with Crippen molar-refractivity contribution >= 4 is 27.9 Å². The number of hydrogen-bond donors (Lipinski definition) is 1. The summed E-state index contributed by atoms with van der Waals surface area (Å²) in [5, 5.41) is 3.07. The Hall–Kier alpha value is -1.34. The van der Waals surface area contributed by atoms with Gasteiger partial charge < -0.3 is 14.2 Å². The van der Waals surface area contributed by atoms with Gasteiger partial charge in [-0.05, 0) is 28.4 Å². The molecular formula is C13H18BrNO5. The molecule has 0 radical (unpaired) electrons. The Morgan fingerprint density at radius 3 is 2.65 bits per heavy atom. The lowest BCUT2D eigenvalue weighted by atomic mass is 10.1. The molecule has 0 heterocycles. The summed E-state index contributed by atoms with van der Waals surface area (Å²) in [5.41, 5.74) is 0. The molecule has 0 saturated heterocycles. The van der Waals surface area contributed by atoms with E-state index in [-0.39, 0.29) is 12.5 Å². The molecule has 0 aromatic rings. The number of esters is 2. The molecule has 1 N–H and O–H groups in total. The summed E-state index contributed by atoms with van der Waals surface area (Å²) in [4.78, 5) is 23.1. The van der Waals surface area contributed by atoms with E-state index in [0.717, 1.165) is 4.48 Å². The molecule has 0 aliphatic heterocycles. The number of hydrogen-bond acceptors (Lipinski definition) is 6. The highest BCUT2D eigenvalue weighted by Crippen LogP contribution is 2.25. The number of methoxy groups -OCH3 is 3. The minimum absolute atomic E-state index is 0.0913. The molecule has 0 bridgehead atoms. The highest BCUT2D eigenvalue weighted by Gasteiger charge is 2.28. The van der Waals surface area contributed by atoms with E-state index in [9.17, 15) is 9.59 Å². The van der Waals surface area contributed by atoms with E-state index in [4.69, 9.17) is 9.47 Å². The number of nitrogens with one attached hydrogen (secondary N) is 1. The molecule has 0 aromatic heterocycles. The molecule has 1 rings (SSSR count). The number of rotatable bonds is 6. The van der Waals surface area contributed by atoms with Crippen LogP contribution in [0, 0.1) is 0 Å². The van der Waals surface area contributed by atoms with Crippen LogP contribution < -0.4 is 5.32 Å². The molecule has 0 spiro atoms. The average Bonchev–Trinajstić information content (AvgIpc) is 2.47. The average molecular weight is 348 g/mol. The van der Waals surface area contributed by atoms with Crippen LogP contribution in [0.3, 0.4) is 0 Å². The minimum atomic E-state index is -0.769. The second kappa shape index (κ2) is 8.06. The molecule has 1 aliphatic carbocycles. The van der Waals surface area contributed by atoms with Gasteiger partial charge in [0.15, 0.2) is 0 Å². The number of carbonyl (C=O) groups is 2. The summed E-state index contributed by atoms with van der Waals surface area (Å²) in [6.45, 7) is 0. The van der Waals surface area contributed by atoms with Gasteiger partial charge in [-0.1, -0.05) is 6.08 Å². The Morgan fingerprint density at radius 1 is 1.40 bits per heavy atom. The van der Waals surface area contributed by atoms with Crippen LogP contribution in [-0.2, 0) is 23.8 Å². The Bertz CT molecular complexity index is 432. The van der Waals surface area contributed by atoms with Crippen molar-refractivity contribution in [1.82, 2.24) is 5.32 Å². The van der Waals surface area contributed by atoms with Gasteiger partial charge in [-0.15, -0.1) is 0 Å². The molecule has 0 aromatic carbocycles. The van der Waals surface area contributed by atoms with Gasteiger partial charge in [0.2, 0.25) is 0 Å². The van der Waals surface area contributed by atoms with Crippen molar-refractivity contribution in [3.05, 3.63) is 22.4 Å². The Kier molecular flexibility index (Phi) is 6.74. The van der Waals surface area contributed by atoms with Crippen LogP contribution in [0.4, 0.5) is 0 Å². The van der Waals surface area contributed by atoms with E-state index in [2.05, 4.69) is 26.0 Å². The summed E-state index contributed by atoms with van der Waals surface area (Å²) in [5.74, 6) is -0.314. The van der Waals surface area contributed by atoms with E-state index >= 15 is 0 Å². The van der Waals surface area contributed by atoms with E-state index in [1.54, 1.807) is 7.11 Å². The van der Waals surface area contributed by atoms with Gasteiger partial charge >= 0.3 is 11.9 Å². The summed E-state index contributed by atoms with van der Waals surface area (Å²) in [6, 6.07) is -0.932. The third kappa shape index (κ3) is 4.35.